The van der Waals surface area contributed by atoms with Crippen molar-refractivity contribution >= 4 is 45.1 Å². The van der Waals surface area contributed by atoms with Crippen molar-refractivity contribution in [3.8, 4) is 22.5 Å². The SMILES string of the molecule is CB(OC(C)(C)C(C)(C)C)c1ccc(-c2ccc3c(c2)c2ccc4c(ccn4-c4ccccc4)c2n3-c2ccccc2)cc1. The minimum Gasteiger partial charge on any atom is -0.426 e. The third-order valence-corrected chi connectivity index (χ3v) is 9.63. The summed E-state index contributed by atoms with van der Waals surface area (Å²) in [5.41, 5.74) is 9.38. The van der Waals surface area contributed by atoms with Crippen molar-refractivity contribution in [1.29, 1.82) is 0 Å². The quantitative estimate of drug-likeness (QED) is 0.181. The van der Waals surface area contributed by atoms with E-state index in [4.69, 9.17) is 4.65 Å². The zero-order valence-electron chi connectivity index (χ0n) is 26.5. The molecule has 0 fully saturated rings. The van der Waals surface area contributed by atoms with Gasteiger partial charge in [0.05, 0.1) is 22.2 Å². The lowest BCUT2D eigenvalue weighted by molar-refractivity contribution is 0.000450. The van der Waals surface area contributed by atoms with E-state index in [9.17, 15) is 0 Å². The number of benzene rings is 5. The van der Waals surface area contributed by atoms with E-state index in [1.54, 1.807) is 0 Å². The number of hydrogen-bond donors (Lipinski definition) is 0. The summed E-state index contributed by atoms with van der Waals surface area (Å²) in [7, 11) is 0. The lowest BCUT2D eigenvalue weighted by Crippen LogP contribution is -2.46. The summed E-state index contributed by atoms with van der Waals surface area (Å²) < 4.78 is 11.2. The van der Waals surface area contributed by atoms with Crippen LogP contribution >= 0.6 is 0 Å². The molecule has 0 amide bonds. The average molecular weight is 575 g/mol. The van der Waals surface area contributed by atoms with Crippen LogP contribution in [0.25, 0.3) is 55.2 Å². The molecule has 0 unspecified atom stereocenters. The molecule has 0 radical (unpaired) electrons. The lowest BCUT2D eigenvalue weighted by Gasteiger charge is -2.40. The third-order valence-electron chi connectivity index (χ3n) is 9.63. The van der Waals surface area contributed by atoms with E-state index in [0.717, 1.165) is 11.4 Å². The highest BCUT2D eigenvalue weighted by Crippen LogP contribution is 2.39. The standard InChI is InChI=1S/C40H39BN2O/c1-39(2,3)40(4,5)44-41(6)30-20-17-28(18-21-30)29-19-23-37-35(27-29)33-22-24-36-34(25-26-42(36)31-13-9-7-10-14-31)38(33)43(37)32-15-11-8-12-16-32/h7-27H,1-6H3. The molecule has 0 aliphatic rings. The van der Waals surface area contributed by atoms with Gasteiger partial charge >= 0.3 is 6.92 Å². The number of hydrogen-bond acceptors (Lipinski definition) is 1. The third kappa shape index (κ3) is 4.74. The van der Waals surface area contributed by atoms with Crippen LogP contribution in [0.5, 0.6) is 0 Å². The number of fused-ring (bicyclic) bond motifs is 5. The molecule has 5 aromatic carbocycles. The fourth-order valence-corrected chi connectivity index (χ4v) is 6.20. The summed E-state index contributed by atoms with van der Waals surface area (Å²) in [4.78, 5) is 0. The van der Waals surface area contributed by atoms with E-state index in [-0.39, 0.29) is 17.9 Å². The van der Waals surface area contributed by atoms with Crippen molar-refractivity contribution in [2.24, 2.45) is 5.41 Å². The van der Waals surface area contributed by atoms with Crippen molar-refractivity contribution in [1.82, 2.24) is 9.13 Å². The van der Waals surface area contributed by atoms with E-state index < -0.39 is 0 Å². The molecule has 7 rings (SSSR count). The van der Waals surface area contributed by atoms with Gasteiger partial charge < -0.3 is 13.8 Å². The minimum atomic E-state index is -0.240. The largest absolute Gasteiger partial charge is 0.426 e. The van der Waals surface area contributed by atoms with Crippen LogP contribution in [0.15, 0.2) is 128 Å². The maximum atomic E-state index is 6.55. The highest BCUT2D eigenvalue weighted by molar-refractivity contribution is 6.66. The molecule has 0 N–H and O–H groups in total. The molecule has 0 spiro atoms. The lowest BCUT2D eigenvalue weighted by atomic mass is 9.61. The Morgan fingerprint density at radius 2 is 1.18 bits per heavy atom. The first-order chi connectivity index (χ1) is 21.1. The normalized spacial score (nSPS) is 12.4. The fourth-order valence-electron chi connectivity index (χ4n) is 6.20. The highest BCUT2D eigenvalue weighted by Gasteiger charge is 2.36. The predicted octanol–water partition coefficient (Wildman–Crippen LogP) is 10.1. The minimum absolute atomic E-state index is 0.00945. The second-order valence-electron chi connectivity index (χ2n) is 13.5. The Morgan fingerprint density at radius 3 is 1.84 bits per heavy atom. The molecule has 0 atom stereocenters. The van der Waals surface area contributed by atoms with Crippen LogP contribution in [0, 0.1) is 5.41 Å². The predicted molar refractivity (Wildman–Crippen MR) is 189 cm³/mol. The summed E-state index contributed by atoms with van der Waals surface area (Å²) in [5.74, 6) is 0. The second kappa shape index (κ2) is 10.6. The monoisotopic (exact) mass is 574 g/mol. The summed E-state index contributed by atoms with van der Waals surface area (Å²) in [5, 5.41) is 3.75. The van der Waals surface area contributed by atoms with Crippen LogP contribution in [0.3, 0.4) is 0 Å². The molecule has 2 aromatic heterocycles. The summed E-state index contributed by atoms with van der Waals surface area (Å²) >= 11 is 0. The van der Waals surface area contributed by atoms with Gasteiger partial charge in [0.2, 0.25) is 0 Å². The van der Waals surface area contributed by atoms with Crippen molar-refractivity contribution in [2.45, 2.75) is 47.0 Å². The smallest absolute Gasteiger partial charge is 0.324 e. The topological polar surface area (TPSA) is 19.1 Å². The summed E-state index contributed by atoms with van der Waals surface area (Å²) in [6.45, 7) is 13.2. The van der Waals surface area contributed by atoms with Crippen LogP contribution in [-0.2, 0) is 4.65 Å². The van der Waals surface area contributed by atoms with Gasteiger partial charge in [-0.15, -0.1) is 0 Å². The van der Waals surface area contributed by atoms with Gasteiger partial charge in [0.15, 0.2) is 0 Å². The molecule has 7 aromatic rings. The maximum absolute atomic E-state index is 6.55. The van der Waals surface area contributed by atoms with E-state index in [0.29, 0.717) is 0 Å². The van der Waals surface area contributed by atoms with Gasteiger partial charge in [-0.3, -0.25) is 0 Å². The molecule has 0 saturated carbocycles. The molecule has 2 heterocycles. The van der Waals surface area contributed by atoms with Gasteiger partial charge in [0.1, 0.15) is 0 Å². The van der Waals surface area contributed by atoms with Gasteiger partial charge in [-0.05, 0) is 84.4 Å². The van der Waals surface area contributed by atoms with Crippen LogP contribution in [0.2, 0.25) is 6.82 Å². The molecule has 44 heavy (non-hydrogen) atoms. The van der Waals surface area contributed by atoms with Gasteiger partial charge in [-0.25, -0.2) is 0 Å². The van der Waals surface area contributed by atoms with Crippen LogP contribution in [-0.4, -0.2) is 21.7 Å². The molecular formula is C40H39BN2O. The van der Waals surface area contributed by atoms with Gasteiger partial charge in [0.25, 0.3) is 0 Å². The van der Waals surface area contributed by atoms with E-state index in [1.807, 2.05) is 0 Å². The summed E-state index contributed by atoms with van der Waals surface area (Å²) in [6, 6.07) is 43.9. The van der Waals surface area contributed by atoms with Gasteiger partial charge in [-0.1, -0.05) is 100 Å². The number of nitrogens with zero attached hydrogens (tertiary/aromatic N) is 2. The highest BCUT2D eigenvalue weighted by atomic mass is 16.5. The van der Waals surface area contributed by atoms with Crippen molar-refractivity contribution in [3.05, 3.63) is 128 Å². The molecule has 3 nitrogen and oxygen atoms in total. The van der Waals surface area contributed by atoms with Crippen LogP contribution in [0.1, 0.15) is 34.6 Å². The Kier molecular flexibility index (Phi) is 6.79. The average Bonchev–Trinajstić information content (AvgIpc) is 3.60. The summed E-state index contributed by atoms with van der Waals surface area (Å²) in [6.07, 6.45) is 2.19. The molecule has 0 saturated heterocycles. The van der Waals surface area contributed by atoms with E-state index in [2.05, 4.69) is 178 Å². The van der Waals surface area contributed by atoms with E-state index in [1.165, 1.54) is 49.3 Å². The second-order valence-corrected chi connectivity index (χ2v) is 13.5. The Labute approximate surface area is 260 Å². The van der Waals surface area contributed by atoms with Crippen LogP contribution in [0.4, 0.5) is 0 Å². The molecule has 4 heteroatoms. The van der Waals surface area contributed by atoms with Crippen molar-refractivity contribution < 1.29 is 4.65 Å². The molecule has 218 valence electrons. The van der Waals surface area contributed by atoms with E-state index >= 15 is 0 Å². The Balaban J connectivity index is 1.34. The fraction of sp³-hybridized carbons (Fsp3) is 0.200. The zero-order chi connectivity index (χ0) is 30.6. The maximum Gasteiger partial charge on any atom is 0.324 e. The molecule has 0 bridgehead atoms. The zero-order valence-corrected chi connectivity index (χ0v) is 26.5. The molecule has 0 aliphatic heterocycles. The number of rotatable bonds is 6. The first-order valence-electron chi connectivity index (χ1n) is 15.6. The van der Waals surface area contributed by atoms with Gasteiger partial charge in [-0.2, -0.15) is 0 Å². The van der Waals surface area contributed by atoms with Crippen LogP contribution < -0.4 is 5.46 Å². The Hall–Kier alpha value is -4.54. The molecular weight excluding hydrogens is 535 g/mol. The van der Waals surface area contributed by atoms with Gasteiger partial charge in [0, 0.05) is 33.7 Å². The van der Waals surface area contributed by atoms with Crippen molar-refractivity contribution in [2.75, 3.05) is 0 Å². The Bertz CT molecular complexity index is 2100. The Morgan fingerprint density at radius 1 is 0.568 bits per heavy atom. The first kappa shape index (κ1) is 28.2. The molecule has 0 aliphatic carbocycles. The number of para-hydroxylation sites is 2. The van der Waals surface area contributed by atoms with Crippen molar-refractivity contribution in [3.63, 3.8) is 0 Å². The number of aromatic nitrogens is 2. The first-order valence-corrected chi connectivity index (χ1v) is 15.6.